The van der Waals surface area contributed by atoms with Crippen LogP contribution in [0, 0.1) is 12.7 Å². The standard InChI is InChI=1S/C20H20FN3O4/c1-3-12(13-7-4-9(2)28-13)23-16-17(19(26)18(16)25)24-15-11(21)6-5-10-8-22-20(27)14(10)15/h4-7,12,19,23-24,26H,3,8H2,1-2H3,(H,22,27)/t12-,19?/m1/s1. The van der Waals surface area contributed by atoms with Crippen LogP contribution in [0.3, 0.4) is 0 Å². The van der Waals surface area contributed by atoms with E-state index in [0.29, 0.717) is 24.3 Å². The average molecular weight is 385 g/mol. The van der Waals surface area contributed by atoms with Gasteiger partial charge < -0.3 is 25.5 Å². The van der Waals surface area contributed by atoms with Crippen LogP contribution in [0.5, 0.6) is 0 Å². The van der Waals surface area contributed by atoms with Gasteiger partial charge in [0.2, 0.25) is 5.78 Å². The van der Waals surface area contributed by atoms with Gasteiger partial charge in [0, 0.05) is 6.54 Å². The van der Waals surface area contributed by atoms with Crippen LogP contribution in [0.25, 0.3) is 0 Å². The van der Waals surface area contributed by atoms with E-state index in [4.69, 9.17) is 4.42 Å². The molecule has 0 radical (unpaired) electrons. The molecule has 1 amide bonds. The number of aryl methyl sites for hydroxylation is 1. The summed E-state index contributed by atoms with van der Waals surface area (Å²) in [4.78, 5) is 24.3. The monoisotopic (exact) mass is 385 g/mol. The van der Waals surface area contributed by atoms with Crippen LogP contribution in [0.1, 0.15) is 46.8 Å². The first-order valence-electron chi connectivity index (χ1n) is 9.06. The summed E-state index contributed by atoms with van der Waals surface area (Å²) in [5, 5.41) is 18.6. The molecule has 1 aliphatic heterocycles. The van der Waals surface area contributed by atoms with Gasteiger partial charge in [0.05, 0.1) is 23.0 Å². The lowest BCUT2D eigenvalue weighted by atomic mass is 9.93. The number of benzene rings is 1. The van der Waals surface area contributed by atoms with Gasteiger partial charge >= 0.3 is 0 Å². The number of hydrogen-bond acceptors (Lipinski definition) is 6. The van der Waals surface area contributed by atoms with Crippen molar-refractivity contribution in [2.24, 2.45) is 0 Å². The predicted octanol–water partition coefficient (Wildman–Crippen LogP) is 2.28. The molecule has 4 N–H and O–H groups in total. The Balaban J connectivity index is 1.67. The number of halogens is 1. The Morgan fingerprint density at radius 2 is 2.11 bits per heavy atom. The second-order valence-corrected chi connectivity index (χ2v) is 6.87. The molecule has 1 unspecified atom stereocenters. The molecule has 28 heavy (non-hydrogen) atoms. The first-order valence-corrected chi connectivity index (χ1v) is 9.06. The Hall–Kier alpha value is -3.13. The van der Waals surface area contributed by atoms with Gasteiger partial charge in [-0.15, -0.1) is 0 Å². The van der Waals surface area contributed by atoms with E-state index in [1.807, 2.05) is 26.0 Å². The number of anilines is 1. The summed E-state index contributed by atoms with van der Waals surface area (Å²) in [6.07, 6.45) is -0.775. The van der Waals surface area contributed by atoms with Crippen molar-refractivity contribution < 1.29 is 23.5 Å². The SMILES string of the molecule is CC[C@@H](NC1=C(Nc2c(F)ccc3c2C(=O)NC3)C(O)C1=O)c1ccc(C)o1. The maximum atomic E-state index is 14.4. The molecule has 146 valence electrons. The van der Waals surface area contributed by atoms with Gasteiger partial charge in [0.15, 0.2) is 6.10 Å². The van der Waals surface area contributed by atoms with Gasteiger partial charge in [0.25, 0.3) is 5.91 Å². The van der Waals surface area contributed by atoms with E-state index in [0.717, 1.165) is 5.76 Å². The Kier molecular flexibility index (Phi) is 4.43. The number of ketones is 1. The molecule has 0 bridgehead atoms. The molecule has 1 aliphatic carbocycles. The maximum absolute atomic E-state index is 14.4. The number of amides is 1. The van der Waals surface area contributed by atoms with E-state index < -0.39 is 23.6 Å². The first-order chi connectivity index (χ1) is 13.4. The molecular formula is C20H20FN3O4. The van der Waals surface area contributed by atoms with E-state index in [9.17, 15) is 19.1 Å². The topological polar surface area (TPSA) is 104 Å². The molecule has 8 heteroatoms. The van der Waals surface area contributed by atoms with Crippen LogP contribution < -0.4 is 16.0 Å². The van der Waals surface area contributed by atoms with Crippen molar-refractivity contribution in [3.63, 3.8) is 0 Å². The molecule has 0 spiro atoms. The van der Waals surface area contributed by atoms with E-state index in [1.165, 1.54) is 12.1 Å². The van der Waals surface area contributed by atoms with Crippen molar-refractivity contribution in [1.29, 1.82) is 0 Å². The third kappa shape index (κ3) is 2.86. The average Bonchev–Trinajstić information content (AvgIpc) is 3.28. The molecule has 2 aromatic rings. The minimum Gasteiger partial charge on any atom is -0.464 e. The molecule has 1 aromatic carbocycles. The highest BCUT2D eigenvalue weighted by Gasteiger charge is 2.40. The second kappa shape index (κ2) is 6.79. The van der Waals surface area contributed by atoms with Gasteiger partial charge in [-0.3, -0.25) is 9.59 Å². The van der Waals surface area contributed by atoms with Crippen LogP contribution in [0.15, 0.2) is 40.1 Å². The Bertz CT molecular complexity index is 1010. The molecule has 0 saturated carbocycles. The van der Waals surface area contributed by atoms with Crippen molar-refractivity contribution in [2.75, 3.05) is 5.32 Å². The smallest absolute Gasteiger partial charge is 0.254 e. The van der Waals surface area contributed by atoms with Crippen molar-refractivity contribution in [1.82, 2.24) is 10.6 Å². The lowest BCUT2D eigenvalue weighted by Crippen LogP contribution is -2.46. The van der Waals surface area contributed by atoms with Crippen LogP contribution in [0.4, 0.5) is 10.1 Å². The summed E-state index contributed by atoms with van der Waals surface area (Å²) >= 11 is 0. The quantitative estimate of drug-likeness (QED) is 0.608. The molecule has 1 aromatic heterocycles. The number of aliphatic hydroxyl groups is 1. The number of nitrogens with one attached hydrogen (secondary N) is 3. The zero-order valence-electron chi connectivity index (χ0n) is 15.4. The van der Waals surface area contributed by atoms with Crippen molar-refractivity contribution >= 4 is 17.4 Å². The molecule has 2 aliphatic rings. The number of carbonyl (C=O) groups excluding carboxylic acids is 2. The van der Waals surface area contributed by atoms with Crippen LogP contribution in [-0.4, -0.2) is 22.9 Å². The van der Waals surface area contributed by atoms with Gasteiger partial charge in [-0.05, 0) is 37.1 Å². The summed E-state index contributed by atoms with van der Waals surface area (Å²) < 4.78 is 20.0. The van der Waals surface area contributed by atoms with E-state index in [1.54, 1.807) is 0 Å². The van der Waals surface area contributed by atoms with E-state index in [-0.39, 0.29) is 28.7 Å². The number of aliphatic hydroxyl groups excluding tert-OH is 1. The number of Topliss-reactive ketones (excluding diaryl/α,β-unsaturated/α-hetero) is 1. The van der Waals surface area contributed by atoms with Gasteiger partial charge in [-0.2, -0.15) is 0 Å². The maximum Gasteiger partial charge on any atom is 0.254 e. The molecule has 4 rings (SSSR count). The van der Waals surface area contributed by atoms with Crippen LogP contribution in [-0.2, 0) is 11.3 Å². The summed E-state index contributed by atoms with van der Waals surface area (Å²) in [6.45, 7) is 4.06. The zero-order valence-corrected chi connectivity index (χ0v) is 15.4. The van der Waals surface area contributed by atoms with Crippen LogP contribution in [0.2, 0.25) is 0 Å². The van der Waals surface area contributed by atoms with Gasteiger partial charge in [-0.1, -0.05) is 13.0 Å². The minimum atomic E-state index is -1.40. The Morgan fingerprint density at radius 1 is 1.32 bits per heavy atom. The number of furan rings is 1. The number of rotatable bonds is 6. The number of hydrogen-bond donors (Lipinski definition) is 4. The molecule has 0 saturated heterocycles. The lowest BCUT2D eigenvalue weighted by molar-refractivity contribution is -0.125. The molecule has 2 heterocycles. The largest absolute Gasteiger partial charge is 0.464 e. The summed E-state index contributed by atoms with van der Waals surface area (Å²) in [6, 6.07) is 6.15. The summed E-state index contributed by atoms with van der Waals surface area (Å²) in [5.74, 6) is -0.128. The van der Waals surface area contributed by atoms with E-state index >= 15 is 0 Å². The Labute approximate surface area is 160 Å². The molecule has 2 atom stereocenters. The second-order valence-electron chi connectivity index (χ2n) is 6.87. The van der Waals surface area contributed by atoms with Gasteiger partial charge in [0.1, 0.15) is 23.0 Å². The number of fused-ring (bicyclic) bond motifs is 1. The Morgan fingerprint density at radius 3 is 2.79 bits per heavy atom. The van der Waals surface area contributed by atoms with Gasteiger partial charge in [-0.25, -0.2) is 4.39 Å². The van der Waals surface area contributed by atoms with Crippen molar-refractivity contribution in [3.05, 3.63) is 64.1 Å². The summed E-state index contributed by atoms with van der Waals surface area (Å²) in [5.41, 5.74) is 1.09. The first kappa shape index (κ1) is 18.2. The summed E-state index contributed by atoms with van der Waals surface area (Å²) in [7, 11) is 0. The zero-order chi connectivity index (χ0) is 20.0. The third-order valence-electron chi connectivity index (χ3n) is 5.04. The molecule has 7 nitrogen and oxygen atoms in total. The predicted molar refractivity (Wildman–Crippen MR) is 98.8 cm³/mol. The fourth-order valence-electron chi connectivity index (χ4n) is 3.48. The number of carbonyl (C=O) groups is 2. The lowest BCUT2D eigenvalue weighted by Gasteiger charge is -2.32. The minimum absolute atomic E-state index is 0.0461. The fourth-order valence-corrected chi connectivity index (χ4v) is 3.48. The van der Waals surface area contributed by atoms with Crippen molar-refractivity contribution in [2.45, 2.75) is 39.0 Å². The highest BCUT2D eigenvalue weighted by molar-refractivity contribution is 6.10. The van der Waals surface area contributed by atoms with Crippen molar-refractivity contribution in [3.8, 4) is 0 Å². The normalized spacial score (nSPS) is 19.2. The highest BCUT2D eigenvalue weighted by Crippen LogP contribution is 2.33. The molecular weight excluding hydrogens is 365 g/mol. The van der Waals surface area contributed by atoms with E-state index in [2.05, 4.69) is 16.0 Å². The third-order valence-corrected chi connectivity index (χ3v) is 5.04. The van der Waals surface area contributed by atoms with Crippen LogP contribution >= 0.6 is 0 Å². The highest BCUT2D eigenvalue weighted by atomic mass is 19.1. The molecule has 0 fully saturated rings. The fraction of sp³-hybridized carbons (Fsp3) is 0.300.